The van der Waals surface area contributed by atoms with Crippen LogP contribution >= 0.6 is 0 Å². The molecule has 98 valence electrons. The summed E-state index contributed by atoms with van der Waals surface area (Å²) in [5.74, 6) is -0.715. The van der Waals surface area contributed by atoms with Crippen molar-refractivity contribution in [3.05, 3.63) is 29.3 Å². The summed E-state index contributed by atoms with van der Waals surface area (Å²) in [6, 6.07) is 4.59. The predicted octanol–water partition coefficient (Wildman–Crippen LogP) is 2.90. The van der Waals surface area contributed by atoms with Gasteiger partial charge in [0, 0.05) is 5.69 Å². The minimum atomic E-state index is -0.985. The van der Waals surface area contributed by atoms with Gasteiger partial charge in [-0.1, -0.05) is 13.8 Å². The van der Waals surface area contributed by atoms with E-state index >= 15 is 0 Å². The van der Waals surface area contributed by atoms with Crippen molar-refractivity contribution >= 4 is 17.7 Å². The van der Waals surface area contributed by atoms with Gasteiger partial charge < -0.3 is 9.84 Å². The third kappa shape index (κ3) is 4.08. The maximum Gasteiger partial charge on any atom is 0.411 e. The Hall–Kier alpha value is -2.04. The van der Waals surface area contributed by atoms with Crippen molar-refractivity contribution in [1.82, 2.24) is 0 Å². The van der Waals surface area contributed by atoms with Crippen molar-refractivity contribution < 1.29 is 19.4 Å². The van der Waals surface area contributed by atoms with Crippen LogP contribution in [-0.2, 0) is 4.74 Å². The second kappa shape index (κ2) is 6.05. The van der Waals surface area contributed by atoms with Crippen LogP contribution in [0.5, 0.6) is 0 Å². The first kappa shape index (κ1) is 14.0. The van der Waals surface area contributed by atoms with Crippen molar-refractivity contribution in [1.29, 1.82) is 0 Å². The molecule has 0 unspecified atom stereocenters. The number of amides is 1. The molecule has 0 fully saturated rings. The van der Waals surface area contributed by atoms with Gasteiger partial charge in [-0.25, -0.2) is 9.59 Å². The summed E-state index contributed by atoms with van der Waals surface area (Å²) in [5.41, 5.74) is 1.33. The van der Waals surface area contributed by atoms with Crippen LogP contribution in [0.1, 0.15) is 29.8 Å². The minimum Gasteiger partial charge on any atom is -0.478 e. The van der Waals surface area contributed by atoms with E-state index in [9.17, 15) is 9.59 Å². The number of rotatable bonds is 4. The second-order valence-electron chi connectivity index (χ2n) is 4.45. The Morgan fingerprint density at radius 3 is 2.56 bits per heavy atom. The topological polar surface area (TPSA) is 75.6 Å². The Morgan fingerprint density at radius 1 is 1.39 bits per heavy atom. The molecular weight excluding hydrogens is 234 g/mol. The summed E-state index contributed by atoms with van der Waals surface area (Å²) < 4.78 is 4.96. The summed E-state index contributed by atoms with van der Waals surface area (Å²) in [7, 11) is 0. The number of benzene rings is 1. The largest absolute Gasteiger partial charge is 0.478 e. The lowest BCUT2D eigenvalue weighted by molar-refractivity contribution is 0.0696. The van der Waals surface area contributed by atoms with Crippen LogP contribution in [0.25, 0.3) is 0 Å². The van der Waals surface area contributed by atoms with Crippen LogP contribution in [0.2, 0.25) is 0 Å². The molecule has 0 heterocycles. The molecule has 0 aliphatic heterocycles. The Labute approximate surface area is 106 Å². The first-order chi connectivity index (χ1) is 8.40. The van der Waals surface area contributed by atoms with Gasteiger partial charge in [-0.05, 0) is 36.6 Å². The second-order valence-corrected chi connectivity index (χ2v) is 4.45. The van der Waals surface area contributed by atoms with Gasteiger partial charge in [0.2, 0.25) is 0 Å². The molecule has 0 aromatic heterocycles. The Kier molecular flexibility index (Phi) is 4.71. The number of carboxylic acids is 1. The molecule has 0 spiro atoms. The number of carbonyl (C=O) groups excluding carboxylic acids is 1. The van der Waals surface area contributed by atoms with Crippen LogP contribution in [0.4, 0.5) is 10.5 Å². The quantitative estimate of drug-likeness (QED) is 0.862. The molecule has 5 nitrogen and oxygen atoms in total. The van der Waals surface area contributed by atoms with Crippen molar-refractivity contribution in [3.8, 4) is 0 Å². The highest BCUT2D eigenvalue weighted by atomic mass is 16.5. The predicted molar refractivity (Wildman–Crippen MR) is 67.9 cm³/mol. The average Bonchev–Trinajstić information content (AvgIpc) is 2.26. The third-order valence-electron chi connectivity index (χ3n) is 2.25. The highest BCUT2D eigenvalue weighted by Gasteiger charge is 2.09. The molecule has 0 bridgehead atoms. The standard InChI is InChI=1S/C13H17NO4/c1-8(2)7-18-13(17)14-10-4-5-11(12(15)16)9(3)6-10/h4-6,8H,7H2,1-3H3,(H,14,17)(H,15,16). The zero-order chi connectivity index (χ0) is 13.7. The normalized spacial score (nSPS) is 10.2. The number of nitrogens with one attached hydrogen (secondary N) is 1. The molecule has 0 aliphatic carbocycles. The SMILES string of the molecule is Cc1cc(NC(=O)OCC(C)C)ccc1C(=O)O. The van der Waals surface area contributed by atoms with E-state index in [2.05, 4.69) is 5.32 Å². The molecule has 5 heteroatoms. The minimum absolute atomic E-state index is 0.219. The smallest absolute Gasteiger partial charge is 0.411 e. The number of ether oxygens (including phenoxy) is 1. The lowest BCUT2D eigenvalue weighted by atomic mass is 10.1. The molecule has 0 saturated heterocycles. The fraction of sp³-hybridized carbons (Fsp3) is 0.385. The molecule has 1 amide bonds. The first-order valence-electron chi connectivity index (χ1n) is 5.68. The van der Waals surface area contributed by atoms with E-state index in [0.29, 0.717) is 17.9 Å². The Morgan fingerprint density at radius 2 is 2.06 bits per heavy atom. The number of carbonyl (C=O) groups is 2. The molecule has 0 atom stereocenters. The molecule has 1 aromatic rings. The van der Waals surface area contributed by atoms with Gasteiger partial charge in [0.25, 0.3) is 0 Å². The van der Waals surface area contributed by atoms with E-state index in [0.717, 1.165) is 0 Å². The van der Waals surface area contributed by atoms with Gasteiger partial charge in [0.15, 0.2) is 0 Å². The fourth-order valence-corrected chi connectivity index (χ4v) is 1.38. The fourth-order valence-electron chi connectivity index (χ4n) is 1.38. The summed E-state index contributed by atoms with van der Waals surface area (Å²) in [5, 5.41) is 11.4. The average molecular weight is 251 g/mol. The van der Waals surface area contributed by atoms with E-state index in [-0.39, 0.29) is 11.5 Å². The van der Waals surface area contributed by atoms with E-state index in [1.54, 1.807) is 13.0 Å². The van der Waals surface area contributed by atoms with Crippen molar-refractivity contribution in [2.24, 2.45) is 5.92 Å². The molecule has 2 N–H and O–H groups in total. The van der Waals surface area contributed by atoms with Gasteiger partial charge >= 0.3 is 12.1 Å². The molecule has 1 aromatic carbocycles. The monoisotopic (exact) mass is 251 g/mol. The van der Waals surface area contributed by atoms with Crippen molar-refractivity contribution in [2.45, 2.75) is 20.8 Å². The molecule has 18 heavy (non-hydrogen) atoms. The summed E-state index contributed by atoms with van der Waals surface area (Å²) in [4.78, 5) is 22.2. The van der Waals surface area contributed by atoms with Gasteiger partial charge in [0.05, 0.1) is 12.2 Å². The summed E-state index contributed by atoms with van der Waals surface area (Å²) >= 11 is 0. The van der Waals surface area contributed by atoms with Crippen LogP contribution in [0.15, 0.2) is 18.2 Å². The van der Waals surface area contributed by atoms with Gasteiger partial charge in [-0.3, -0.25) is 5.32 Å². The lowest BCUT2D eigenvalue weighted by Gasteiger charge is -2.10. The summed E-state index contributed by atoms with van der Waals surface area (Å²) in [6.07, 6.45) is -0.536. The van der Waals surface area contributed by atoms with E-state index < -0.39 is 12.1 Å². The van der Waals surface area contributed by atoms with Gasteiger partial charge in [0.1, 0.15) is 0 Å². The highest BCUT2D eigenvalue weighted by Crippen LogP contribution is 2.15. The van der Waals surface area contributed by atoms with Crippen molar-refractivity contribution in [3.63, 3.8) is 0 Å². The molecule has 0 radical (unpaired) electrons. The Bertz CT molecular complexity index is 454. The number of hydrogen-bond donors (Lipinski definition) is 2. The van der Waals surface area contributed by atoms with E-state index in [1.165, 1.54) is 12.1 Å². The van der Waals surface area contributed by atoms with E-state index in [1.807, 2.05) is 13.8 Å². The number of anilines is 1. The Balaban J connectivity index is 2.66. The van der Waals surface area contributed by atoms with Gasteiger partial charge in [-0.2, -0.15) is 0 Å². The van der Waals surface area contributed by atoms with E-state index in [4.69, 9.17) is 9.84 Å². The molecule has 0 saturated carbocycles. The van der Waals surface area contributed by atoms with Crippen LogP contribution in [0, 0.1) is 12.8 Å². The molecule has 1 rings (SSSR count). The van der Waals surface area contributed by atoms with Crippen molar-refractivity contribution in [2.75, 3.05) is 11.9 Å². The van der Waals surface area contributed by atoms with Crippen LogP contribution in [0.3, 0.4) is 0 Å². The van der Waals surface area contributed by atoms with Crippen LogP contribution < -0.4 is 5.32 Å². The number of aromatic carboxylic acids is 1. The van der Waals surface area contributed by atoms with Gasteiger partial charge in [-0.15, -0.1) is 0 Å². The number of aryl methyl sites for hydroxylation is 1. The maximum absolute atomic E-state index is 11.4. The first-order valence-corrected chi connectivity index (χ1v) is 5.68. The van der Waals surface area contributed by atoms with Crippen LogP contribution in [-0.4, -0.2) is 23.8 Å². The lowest BCUT2D eigenvalue weighted by Crippen LogP contribution is -2.16. The highest BCUT2D eigenvalue weighted by molar-refractivity contribution is 5.91. The third-order valence-corrected chi connectivity index (χ3v) is 2.25. The maximum atomic E-state index is 11.4. The molecule has 0 aliphatic rings. The number of carboxylic acid groups (broad SMARTS) is 1. The zero-order valence-corrected chi connectivity index (χ0v) is 10.7. The summed E-state index contributed by atoms with van der Waals surface area (Å²) in [6.45, 7) is 5.91. The molecular formula is C13H17NO4. The zero-order valence-electron chi connectivity index (χ0n) is 10.7. The number of hydrogen-bond acceptors (Lipinski definition) is 3.